The molecule has 0 aliphatic heterocycles. The van der Waals surface area contributed by atoms with Gasteiger partial charge in [0.1, 0.15) is 12.6 Å². The van der Waals surface area contributed by atoms with Crippen LogP contribution in [-0.2, 0) is 26.2 Å². The Balaban J connectivity index is 2.07. The number of hydrogen-bond donors (Lipinski definition) is 1. The molecule has 0 heterocycles. The molecule has 0 saturated heterocycles. The first-order valence-corrected chi connectivity index (χ1v) is 15.5. The highest BCUT2D eigenvalue weighted by Crippen LogP contribution is 2.36. The lowest BCUT2D eigenvalue weighted by atomic mass is 10.1. The van der Waals surface area contributed by atoms with Gasteiger partial charge in [-0.15, -0.1) is 0 Å². The quantitative estimate of drug-likeness (QED) is 0.219. The summed E-state index contributed by atoms with van der Waals surface area (Å²) in [5.41, 5.74) is 0.438. The lowest BCUT2D eigenvalue weighted by Crippen LogP contribution is -2.51. The molecule has 1 N–H and O–H groups in total. The van der Waals surface area contributed by atoms with Gasteiger partial charge in [0.15, 0.2) is 0 Å². The van der Waals surface area contributed by atoms with Gasteiger partial charge in [-0.3, -0.25) is 13.9 Å². The highest BCUT2D eigenvalue weighted by molar-refractivity contribution is 7.92. The number of benzene rings is 3. The standard InChI is InChI=1S/C28H29Cl4N3O4S/c1-3-4-16-33-28(37)19(2)34(17-21-22(29)12-8-13-23(21)30)26(36)18-35(25-15-9-14-24(31)27(25)32)40(38,39)20-10-6-5-7-11-20/h5-15,19H,3-4,16-18H2,1-2H3,(H,33,37)/t19-/m1/s1. The number of halogens is 4. The summed E-state index contributed by atoms with van der Waals surface area (Å²) in [6, 6.07) is 16.1. The van der Waals surface area contributed by atoms with E-state index < -0.39 is 34.4 Å². The molecular weight excluding hydrogens is 616 g/mol. The Bertz CT molecular complexity index is 1430. The molecule has 0 bridgehead atoms. The molecule has 40 heavy (non-hydrogen) atoms. The summed E-state index contributed by atoms with van der Waals surface area (Å²) in [5, 5.41) is 3.50. The maximum Gasteiger partial charge on any atom is 0.264 e. The van der Waals surface area contributed by atoms with Crippen molar-refractivity contribution in [2.75, 3.05) is 17.4 Å². The Labute approximate surface area is 255 Å². The summed E-state index contributed by atoms with van der Waals surface area (Å²) >= 11 is 25.4. The van der Waals surface area contributed by atoms with Crippen LogP contribution in [0.4, 0.5) is 5.69 Å². The maximum atomic E-state index is 14.0. The number of carbonyl (C=O) groups is 2. The summed E-state index contributed by atoms with van der Waals surface area (Å²) in [7, 11) is -4.28. The molecule has 0 saturated carbocycles. The van der Waals surface area contributed by atoms with Crippen LogP contribution in [0.15, 0.2) is 71.6 Å². The minimum atomic E-state index is -4.28. The molecule has 0 aliphatic carbocycles. The number of unbranched alkanes of at least 4 members (excludes halogenated alkanes) is 1. The third-order valence-corrected chi connectivity index (χ3v) is 9.49. The van der Waals surface area contributed by atoms with Crippen LogP contribution in [-0.4, -0.2) is 44.3 Å². The molecule has 0 unspecified atom stereocenters. The number of carbonyl (C=O) groups excluding carboxylic acids is 2. The molecule has 0 fully saturated rings. The first-order valence-electron chi connectivity index (χ1n) is 12.5. The van der Waals surface area contributed by atoms with Gasteiger partial charge in [0, 0.05) is 28.7 Å². The number of sulfonamides is 1. The fourth-order valence-electron chi connectivity index (χ4n) is 3.89. The number of amides is 2. The van der Waals surface area contributed by atoms with Gasteiger partial charge < -0.3 is 10.2 Å². The molecule has 3 aromatic carbocycles. The second-order valence-corrected chi connectivity index (χ2v) is 12.4. The van der Waals surface area contributed by atoms with Gasteiger partial charge in [-0.05, 0) is 49.7 Å². The second kappa shape index (κ2) is 14.4. The zero-order valence-corrected chi connectivity index (χ0v) is 25.8. The van der Waals surface area contributed by atoms with E-state index in [4.69, 9.17) is 46.4 Å². The highest BCUT2D eigenvalue weighted by Gasteiger charge is 2.34. The second-order valence-electron chi connectivity index (χ2n) is 8.94. The average molecular weight is 645 g/mol. The van der Waals surface area contributed by atoms with Crippen molar-refractivity contribution in [1.82, 2.24) is 10.2 Å². The van der Waals surface area contributed by atoms with E-state index in [1.807, 2.05) is 6.92 Å². The molecular formula is C28H29Cl4N3O4S. The molecule has 3 aromatic rings. The lowest BCUT2D eigenvalue weighted by molar-refractivity contribution is -0.139. The van der Waals surface area contributed by atoms with Crippen molar-refractivity contribution in [1.29, 1.82) is 0 Å². The molecule has 3 rings (SSSR count). The van der Waals surface area contributed by atoms with Gasteiger partial charge in [0.25, 0.3) is 10.0 Å². The van der Waals surface area contributed by atoms with Crippen LogP contribution in [0, 0.1) is 0 Å². The SMILES string of the molecule is CCCCNC(=O)[C@@H](C)N(Cc1c(Cl)cccc1Cl)C(=O)CN(c1cccc(Cl)c1Cl)S(=O)(=O)c1ccccc1. The fourth-order valence-corrected chi connectivity index (χ4v) is 6.30. The van der Waals surface area contributed by atoms with Gasteiger partial charge >= 0.3 is 0 Å². The van der Waals surface area contributed by atoms with E-state index >= 15 is 0 Å². The number of anilines is 1. The van der Waals surface area contributed by atoms with Gasteiger partial charge in [-0.2, -0.15) is 0 Å². The summed E-state index contributed by atoms with van der Waals surface area (Å²) in [5.74, 6) is -1.08. The van der Waals surface area contributed by atoms with Crippen molar-refractivity contribution in [3.05, 3.63) is 92.4 Å². The van der Waals surface area contributed by atoms with Crippen molar-refractivity contribution < 1.29 is 18.0 Å². The fraction of sp³-hybridized carbons (Fsp3) is 0.286. The third kappa shape index (κ3) is 7.62. The van der Waals surface area contributed by atoms with Crippen LogP contribution >= 0.6 is 46.4 Å². The van der Waals surface area contributed by atoms with Crippen LogP contribution in [0.25, 0.3) is 0 Å². The highest BCUT2D eigenvalue weighted by atomic mass is 35.5. The van der Waals surface area contributed by atoms with E-state index in [0.29, 0.717) is 22.2 Å². The summed E-state index contributed by atoms with van der Waals surface area (Å²) in [6.07, 6.45) is 1.64. The Morgan fingerprint density at radius 1 is 0.875 bits per heavy atom. The van der Waals surface area contributed by atoms with Crippen molar-refractivity contribution in [2.45, 2.75) is 44.2 Å². The largest absolute Gasteiger partial charge is 0.354 e. The van der Waals surface area contributed by atoms with Crippen LogP contribution < -0.4 is 9.62 Å². The summed E-state index contributed by atoms with van der Waals surface area (Å²) in [6.45, 7) is 3.18. The van der Waals surface area contributed by atoms with E-state index in [9.17, 15) is 18.0 Å². The Kier molecular flexibility index (Phi) is 11.5. The number of nitrogens with one attached hydrogen (secondary N) is 1. The van der Waals surface area contributed by atoms with Crippen molar-refractivity contribution >= 4 is 73.9 Å². The molecule has 0 aliphatic rings. The zero-order valence-electron chi connectivity index (χ0n) is 21.9. The molecule has 1 atom stereocenters. The third-order valence-electron chi connectivity index (χ3n) is 6.20. The van der Waals surface area contributed by atoms with E-state index in [1.165, 1.54) is 35.2 Å². The predicted molar refractivity (Wildman–Crippen MR) is 162 cm³/mol. The molecule has 0 radical (unpaired) electrons. The molecule has 0 aromatic heterocycles. The van der Waals surface area contributed by atoms with Gasteiger partial charge in [0.2, 0.25) is 11.8 Å². The Hall–Kier alpha value is -2.49. The van der Waals surface area contributed by atoms with E-state index in [1.54, 1.807) is 43.3 Å². The molecule has 0 spiro atoms. The minimum Gasteiger partial charge on any atom is -0.354 e. The molecule has 214 valence electrons. The number of nitrogens with zero attached hydrogens (tertiary/aromatic N) is 2. The minimum absolute atomic E-state index is 0.0159. The van der Waals surface area contributed by atoms with Crippen molar-refractivity contribution in [3.8, 4) is 0 Å². The molecule has 12 heteroatoms. The number of hydrogen-bond acceptors (Lipinski definition) is 4. The monoisotopic (exact) mass is 643 g/mol. The van der Waals surface area contributed by atoms with Crippen LogP contribution in [0.5, 0.6) is 0 Å². The maximum absolute atomic E-state index is 14.0. The predicted octanol–water partition coefficient (Wildman–Crippen LogP) is 6.83. The Morgan fingerprint density at radius 2 is 1.48 bits per heavy atom. The van der Waals surface area contributed by atoms with Crippen LogP contribution in [0.1, 0.15) is 32.3 Å². The van der Waals surface area contributed by atoms with Crippen molar-refractivity contribution in [2.24, 2.45) is 0 Å². The summed E-state index contributed by atoms with van der Waals surface area (Å²) < 4.78 is 28.6. The molecule has 7 nitrogen and oxygen atoms in total. The number of rotatable bonds is 12. The first kappa shape index (κ1) is 32.0. The van der Waals surface area contributed by atoms with Gasteiger partial charge in [-0.25, -0.2) is 8.42 Å². The van der Waals surface area contributed by atoms with Crippen molar-refractivity contribution in [3.63, 3.8) is 0 Å². The lowest BCUT2D eigenvalue weighted by Gasteiger charge is -2.32. The van der Waals surface area contributed by atoms with E-state index in [2.05, 4.69) is 5.32 Å². The smallest absolute Gasteiger partial charge is 0.264 e. The topological polar surface area (TPSA) is 86.8 Å². The van der Waals surface area contributed by atoms with Gasteiger partial charge in [0.05, 0.1) is 20.6 Å². The Morgan fingerprint density at radius 3 is 2.10 bits per heavy atom. The van der Waals surface area contributed by atoms with E-state index in [0.717, 1.165) is 17.1 Å². The van der Waals surface area contributed by atoms with E-state index in [-0.39, 0.29) is 27.2 Å². The average Bonchev–Trinajstić information content (AvgIpc) is 2.93. The molecule has 2 amide bonds. The normalized spacial score (nSPS) is 12.1. The first-order chi connectivity index (χ1) is 19.0. The van der Waals surface area contributed by atoms with Crippen LogP contribution in [0.3, 0.4) is 0 Å². The zero-order chi connectivity index (χ0) is 29.4. The van der Waals surface area contributed by atoms with Crippen LogP contribution in [0.2, 0.25) is 20.1 Å². The van der Waals surface area contributed by atoms with Gasteiger partial charge in [-0.1, -0.05) is 90.1 Å². The summed E-state index contributed by atoms with van der Waals surface area (Å²) in [4.78, 5) is 28.2.